The molecule has 0 amide bonds. The summed E-state index contributed by atoms with van der Waals surface area (Å²) in [6.45, 7) is 1.76. The van der Waals surface area contributed by atoms with E-state index in [-0.39, 0.29) is 5.56 Å². The number of hydrogen-bond donors (Lipinski definition) is 1. The standard InChI is InChI=1S/C20H15N5O/c1-13-15(12-21)19-24(2)16-10-6-7-11-17(16)25(19)20(26)18(13)23-22-14-8-4-3-5-9-14/h3-11H,1-2H3/p+1. The van der Waals surface area contributed by atoms with Gasteiger partial charge in [-0.2, -0.15) is 5.26 Å². The van der Waals surface area contributed by atoms with Gasteiger partial charge in [0.05, 0.1) is 16.6 Å². The van der Waals surface area contributed by atoms with Crippen molar-refractivity contribution < 1.29 is 5.11 Å². The first-order chi connectivity index (χ1) is 12.6. The van der Waals surface area contributed by atoms with E-state index in [1.807, 2.05) is 66.2 Å². The zero-order valence-electron chi connectivity index (χ0n) is 14.4. The maximum Gasteiger partial charge on any atom is 0.331 e. The molecule has 126 valence electrons. The highest BCUT2D eigenvalue weighted by Crippen LogP contribution is 2.24. The van der Waals surface area contributed by atoms with Crippen LogP contribution in [0.25, 0.3) is 16.7 Å². The van der Waals surface area contributed by atoms with Crippen molar-refractivity contribution in [3.63, 3.8) is 0 Å². The van der Waals surface area contributed by atoms with Crippen LogP contribution in [-0.2, 0) is 7.05 Å². The average molecular weight is 342 g/mol. The van der Waals surface area contributed by atoms with E-state index in [9.17, 15) is 10.1 Å². The van der Waals surface area contributed by atoms with Crippen molar-refractivity contribution in [3.8, 4) is 6.07 Å². The molecule has 4 aromatic rings. The van der Waals surface area contributed by atoms with E-state index >= 15 is 0 Å². The fraction of sp³-hybridized carbons (Fsp3) is 0.100. The number of nitrogens with zero attached hydrogens (tertiary/aromatic N) is 4. The molecular weight excluding hydrogens is 326 g/mol. The van der Waals surface area contributed by atoms with Crippen molar-refractivity contribution in [2.24, 2.45) is 12.2 Å². The maximum absolute atomic E-state index is 13.2. The molecule has 0 aliphatic heterocycles. The van der Waals surface area contributed by atoms with E-state index in [0.717, 1.165) is 11.0 Å². The minimum Gasteiger partial charge on any atom is -0.328 e. The highest BCUT2D eigenvalue weighted by Gasteiger charge is 2.23. The quantitative estimate of drug-likeness (QED) is 0.568. The van der Waals surface area contributed by atoms with Crippen LogP contribution in [0.15, 0.2) is 64.5 Å². The number of benzene rings is 2. The monoisotopic (exact) mass is 342 g/mol. The normalized spacial score (nSPS) is 11.4. The summed E-state index contributed by atoms with van der Waals surface area (Å²) in [5, 5.41) is 16.9. The van der Waals surface area contributed by atoms with Gasteiger partial charge in [-0.15, -0.1) is 0 Å². The number of pyridine rings is 1. The largest absolute Gasteiger partial charge is 0.331 e. The Morgan fingerprint density at radius 1 is 1.04 bits per heavy atom. The van der Waals surface area contributed by atoms with Gasteiger partial charge >= 0.3 is 5.56 Å². The molecule has 26 heavy (non-hydrogen) atoms. The van der Waals surface area contributed by atoms with Gasteiger partial charge in [-0.25, -0.2) is 0 Å². The zero-order valence-corrected chi connectivity index (χ0v) is 14.4. The fourth-order valence-corrected chi connectivity index (χ4v) is 3.25. The Hall–Kier alpha value is -3.72. The van der Waals surface area contributed by atoms with Crippen LogP contribution >= 0.6 is 0 Å². The van der Waals surface area contributed by atoms with Gasteiger partial charge in [0.25, 0.3) is 5.69 Å². The maximum atomic E-state index is 13.2. The highest BCUT2D eigenvalue weighted by molar-refractivity contribution is 5.84. The molecular formula is C20H16N5O+. The molecule has 6 nitrogen and oxygen atoms in total. The molecule has 2 heterocycles. The van der Waals surface area contributed by atoms with Crippen LogP contribution in [0.4, 0.5) is 11.4 Å². The minimum absolute atomic E-state index is 0.229. The first-order valence-electron chi connectivity index (χ1n) is 8.18. The van der Waals surface area contributed by atoms with Gasteiger partial charge in [-0.05, 0) is 36.3 Å². The van der Waals surface area contributed by atoms with Gasteiger partial charge in [0.2, 0.25) is 0 Å². The van der Waals surface area contributed by atoms with Crippen LogP contribution in [0.1, 0.15) is 11.1 Å². The molecule has 0 atom stereocenters. The molecule has 0 spiro atoms. The van der Waals surface area contributed by atoms with Crippen molar-refractivity contribution in [3.05, 3.63) is 76.1 Å². The molecule has 4 rings (SSSR count). The van der Waals surface area contributed by atoms with Gasteiger partial charge < -0.3 is 4.57 Å². The van der Waals surface area contributed by atoms with E-state index in [2.05, 4.69) is 16.3 Å². The number of fused-ring (bicyclic) bond motifs is 3. The summed E-state index contributed by atoms with van der Waals surface area (Å²) in [4.78, 5) is 13.2. The summed E-state index contributed by atoms with van der Waals surface area (Å²) in [6.07, 6.45) is 0. The van der Waals surface area contributed by atoms with Crippen molar-refractivity contribution in [1.29, 1.82) is 5.26 Å². The van der Waals surface area contributed by atoms with Gasteiger partial charge in [-0.3, -0.25) is 9.20 Å². The molecule has 0 bridgehead atoms. The Bertz CT molecular complexity index is 1270. The van der Waals surface area contributed by atoms with E-state index < -0.39 is 0 Å². The molecule has 0 aliphatic rings. The second-order valence-electron chi connectivity index (χ2n) is 6.06. The fourth-order valence-electron chi connectivity index (χ4n) is 3.25. The molecule has 2 aromatic heterocycles. The smallest absolute Gasteiger partial charge is 0.328 e. The number of aromatic nitrogens is 2. The topological polar surface area (TPSA) is 76.5 Å². The molecule has 0 aliphatic carbocycles. The number of azo groups is 1. The SMILES string of the molecule is Cc1c([NH+]=Nc2ccccc2)c(=O)n2c3ccccc3n(C)c2c1C#N. The summed E-state index contributed by atoms with van der Waals surface area (Å²) in [5.41, 5.74) is 4.05. The Labute approximate surface area is 149 Å². The Morgan fingerprint density at radius 2 is 1.69 bits per heavy atom. The first-order valence-corrected chi connectivity index (χ1v) is 8.18. The van der Waals surface area contributed by atoms with Crippen LogP contribution in [0, 0.1) is 18.3 Å². The number of nitrogens with one attached hydrogen (secondary N) is 1. The molecule has 2 aromatic carbocycles. The number of imidazole rings is 1. The number of hydrogen-bond acceptors (Lipinski definition) is 3. The second kappa shape index (κ2) is 5.97. The minimum atomic E-state index is -0.229. The van der Waals surface area contributed by atoms with E-state index in [1.54, 1.807) is 11.3 Å². The zero-order chi connectivity index (χ0) is 18.3. The molecule has 0 fully saturated rings. The highest BCUT2D eigenvalue weighted by atomic mass is 16.1. The summed E-state index contributed by atoms with van der Waals surface area (Å²) in [6, 6.07) is 19.1. The predicted octanol–water partition coefficient (Wildman–Crippen LogP) is 2.47. The Kier molecular flexibility index (Phi) is 3.63. The van der Waals surface area contributed by atoms with E-state index in [1.165, 1.54) is 0 Å². The van der Waals surface area contributed by atoms with Crippen LogP contribution in [0.3, 0.4) is 0 Å². The third-order valence-electron chi connectivity index (χ3n) is 4.57. The number of nitriles is 1. The predicted molar refractivity (Wildman–Crippen MR) is 98.7 cm³/mol. The molecule has 0 unspecified atom stereocenters. The number of para-hydroxylation sites is 3. The van der Waals surface area contributed by atoms with Crippen LogP contribution in [-0.4, -0.2) is 8.97 Å². The van der Waals surface area contributed by atoms with E-state index in [0.29, 0.717) is 28.1 Å². The Balaban J connectivity index is 2.10. The number of rotatable bonds is 2. The first kappa shape index (κ1) is 15.8. The van der Waals surface area contributed by atoms with Gasteiger partial charge in [0.1, 0.15) is 23.0 Å². The number of aryl methyl sites for hydroxylation is 1. The lowest BCUT2D eigenvalue weighted by atomic mass is 10.1. The van der Waals surface area contributed by atoms with Crippen LogP contribution < -0.4 is 10.7 Å². The van der Waals surface area contributed by atoms with Crippen LogP contribution in [0.5, 0.6) is 0 Å². The van der Waals surface area contributed by atoms with E-state index in [4.69, 9.17) is 0 Å². The van der Waals surface area contributed by atoms with Crippen molar-refractivity contribution in [2.45, 2.75) is 6.92 Å². The molecule has 0 saturated heterocycles. The van der Waals surface area contributed by atoms with Gasteiger partial charge in [0, 0.05) is 7.05 Å². The molecule has 6 heteroatoms. The lowest BCUT2D eigenvalue weighted by Gasteiger charge is -2.03. The lowest BCUT2D eigenvalue weighted by Crippen LogP contribution is -2.61. The molecule has 0 radical (unpaired) electrons. The summed E-state index contributed by atoms with van der Waals surface area (Å²) in [7, 11) is 1.86. The third-order valence-corrected chi connectivity index (χ3v) is 4.57. The van der Waals surface area contributed by atoms with Gasteiger partial charge in [-0.1, -0.05) is 35.4 Å². The van der Waals surface area contributed by atoms with Gasteiger partial charge in [0.15, 0.2) is 0 Å². The van der Waals surface area contributed by atoms with Crippen molar-refractivity contribution >= 4 is 28.1 Å². The summed E-state index contributed by atoms with van der Waals surface area (Å²) in [5.74, 6) is 0. The van der Waals surface area contributed by atoms with Crippen LogP contribution in [0.2, 0.25) is 0 Å². The average Bonchev–Trinajstić information content (AvgIpc) is 2.96. The van der Waals surface area contributed by atoms with Crippen molar-refractivity contribution in [2.75, 3.05) is 0 Å². The lowest BCUT2D eigenvalue weighted by molar-refractivity contribution is -0.435. The summed E-state index contributed by atoms with van der Waals surface area (Å²) >= 11 is 0. The van der Waals surface area contributed by atoms with Crippen molar-refractivity contribution in [1.82, 2.24) is 8.97 Å². The second-order valence-corrected chi connectivity index (χ2v) is 6.06. The molecule has 0 saturated carbocycles. The molecule has 1 N–H and O–H groups in total. The summed E-state index contributed by atoms with van der Waals surface area (Å²) < 4.78 is 3.45. The Morgan fingerprint density at radius 3 is 2.38 bits per heavy atom. The third kappa shape index (κ3) is 2.22.